The minimum atomic E-state index is -0.213. The van der Waals surface area contributed by atoms with Gasteiger partial charge in [-0.25, -0.2) is 0 Å². The Kier molecular flexibility index (Phi) is 7.00. The van der Waals surface area contributed by atoms with Gasteiger partial charge in [-0.1, -0.05) is 24.1 Å². The molecule has 0 radical (unpaired) electrons. The van der Waals surface area contributed by atoms with Crippen molar-refractivity contribution in [2.75, 3.05) is 18.8 Å². The van der Waals surface area contributed by atoms with Crippen LogP contribution in [-0.4, -0.2) is 30.8 Å². The molecule has 96 valence electrons. The summed E-state index contributed by atoms with van der Waals surface area (Å²) < 4.78 is 0. The van der Waals surface area contributed by atoms with Gasteiger partial charge in [-0.2, -0.15) is 0 Å². The number of carbonyl (C=O) groups is 1. The molecule has 0 aromatic heterocycles. The molecule has 0 aliphatic heterocycles. The second kappa shape index (κ2) is 8.62. The number of benzene rings is 1. The van der Waals surface area contributed by atoms with Gasteiger partial charge in [0.1, 0.15) is 0 Å². The van der Waals surface area contributed by atoms with Crippen LogP contribution in [0.1, 0.15) is 6.92 Å². The molecule has 0 saturated heterocycles. The maximum atomic E-state index is 11.5. The highest BCUT2D eigenvalue weighted by Gasteiger charge is 2.09. The maximum Gasteiger partial charge on any atom is 0.237 e. The van der Waals surface area contributed by atoms with Crippen molar-refractivity contribution in [3.8, 4) is 12.3 Å². The van der Waals surface area contributed by atoms with Gasteiger partial charge in [0.15, 0.2) is 0 Å². The van der Waals surface area contributed by atoms with Crippen molar-refractivity contribution < 1.29 is 4.79 Å². The third-order valence-electron chi connectivity index (χ3n) is 2.32. The smallest absolute Gasteiger partial charge is 0.237 e. The summed E-state index contributed by atoms with van der Waals surface area (Å²) in [5, 5.41) is 5.81. The third kappa shape index (κ3) is 5.76. The number of thioether (sulfide) groups is 1. The lowest BCUT2D eigenvalue weighted by molar-refractivity contribution is -0.122. The van der Waals surface area contributed by atoms with E-state index in [9.17, 15) is 4.79 Å². The van der Waals surface area contributed by atoms with Crippen LogP contribution in [0.25, 0.3) is 0 Å². The summed E-state index contributed by atoms with van der Waals surface area (Å²) in [6, 6.07) is 9.98. The van der Waals surface area contributed by atoms with Gasteiger partial charge in [0, 0.05) is 17.2 Å². The molecule has 4 heteroatoms. The largest absolute Gasteiger partial charge is 0.344 e. The molecule has 1 rings (SSSR count). The topological polar surface area (TPSA) is 41.1 Å². The number of rotatable bonds is 7. The molecular formula is C14H18N2OS. The molecule has 1 amide bonds. The standard InChI is InChI=1S/C14H18N2OS/c1-3-9-16-14(17)12(2)15-10-11-18-13-7-5-4-6-8-13/h1,4-8,12,15H,9-11H2,2H3,(H,16,17). The van der Waals surface area contributed by atoms with Crippen molar-refractivity contribution in [3.63, 3.8) is 0 Å². The van der Waals surface area contributed by atoms with E-state index in [1.807, 2.05) is 25.1 Å². The number of hydrogen-bond acceptors (Lipinski definition) is 3. The van der Waals surface area contributed by atoms with Crippen LogP contribution in [0.5, 0.6) is 0 Å². The van der Waals surface area contributed by atoms with E-state index in [2.05, 4.69) is 28.7 Å². The summed E-state index contributed by atoms with van der Waals surface area (Å²) >= 11 is 1.77. The van der Waals surface area contributed by atoms with Crippen molar-refractivity contribution in [3.05, 3.63) is 30.3 Å². The molecule has 0 heterocycles. The number of terminal acetylenes is 1. The molecule has 1 aromatic carbocycles. The first-order chi connectivity index (χ1) is 8.74. The highest BCUT2D eigenvalue weighted by atomic mass is 32.2. The van der Waals surface area contributed by atoms with Gasteiger partial charge in [-0.3, -0.25) is 4.79 Å². The molecule has 0 bridgehead atoms. The first-order valence-electron chi connectivity index (χ1n) is 5.86. The van der Waals surface area contributed by atoms with E-state index in [1.54, 1.807) is 11.8 Å². The van der Waals surface area contributed by atoms with Crippen molar-refractivity contribution in [1.82, 2.24) is 10.6 Å². The molecule has 3 nitrogen and oxygen atoms in total. The maximum absolute atomic E-state index is 11.5. The van der Waals surface area contributed by atoms with Gasteiger partial charge in [-0.15, -0.1) is 18.2 Å². The zero-order chi connectivity index (χ0) is 13.2. The van der Waals surface area contributed by atoms with Crippen LogP contribution in [0.3, 0.4) is 0 Å². The summed E-state index contributed by atoms with van der Waals surface area (Å²) in [5.41, 5.74) is 0. The summed E-state index contributed by atoms with van der Waals surface area (Å²) in [4.78, 5) is 12.7. The Labute approximate surface area is 113 Å². The number of amides is 1. The SMILES string of the molecule is C#CCNC(=O)C(C)NCCSc1ccccc1. The Bertz CT molecular complexity index is 400. The van der Waals surface area contributed by atoms with Gasteiger partial charge < -0.3 is 10.6 Å². The van der Waals surface area contributed by atoms with E-state index in [1.165, 1.54) is 4.90 Å². The first-order valence-corrected chi connectivity index (χ1v) is 6.85. The molecule has 0 aliphatic carbocycles. The van der Waals surface area contributed by atoms with E-state index in [0.717, 1.165) is 12.3 Å². The monoisotopic (exact) mass is 262 g/mol. The van der Waals surface area contributed by atoms with E-state index < -0.39 is 0 Å². The lowest BCUT2D eigenvalue weighted by Crippen LogP contribution is -2.43. The Morgan fingerprint density at radius 3 is 2.83 bits per heavy atom. The molecule has 0 fully saturated rings. The van der Waals surface area contributed by atoms with Crippen molar-refractivity contribution in [1.29, 1.82) is 0 Å². The number of nitrogens with one attached hydrogen (secondary N) is 2. The Morgan fingerprint density at radius 1 is 1.44 bits per heavy atom. The molecule has 1 atom stereocenters. The molecule has 1 aromatic rings. The van der Waals surface area contributed by atoms with Crippen LogP contribution in [-0.2, 0) is 4.79 Å². The van der Waals surface area contributed by atoms with Crippen LogP contribution in [0, 0.1) is 12.3 Å². The third-order valence-corrected chi connectivity index (χ3v) is 3.34. The van der Waals surface area contributed by atoms with Crippen molar-refractivity contribution >= 4 is 17.7 Å². The quantitative estimate of drug-likeness (QED) is 0.444. The van der Waals surface area contributed by atoms with Crippen molar-refractivity contribution in [2.45, 2.75) is 17.9 Å². The second-order valence-electron chi connectivity index (χ2n) is 3.76. The van der Waals surface area contributed by atoms with Gasteiger partial charge in [0.05, 0.1) is 12.6 Å². The normalized spacial score (nSPS) is 11.6. The van der Waals surface area contributed by atoms with Gasteiger partial charge in [0.25, 0.3) is 0 Å². The summed E-state index contributed by atoms with van der Waals surface area (Å²) in [6.07, 6.45) is 5.07. The molecule has 18 heavy (non-hydrogen) atoms. The average Bonchev–Trinajstić information content (AvgIpc) is 2.41. The average molecular weight is 262 g/mol. The molecule has 0 saturated carbocycles. The summed E-state index contributed by atoms with van der Waals surface area (Å²) in [7, 11) is 0. The molecule has 0 spiro atoms. The highest BCUT2D eigenvalue weighted by molar-refractivity contribution is 7.99. The zero-order valence-corrected chi connectivity index (χ0v) is 11.3. The Hall–Kier alpha value is -1.44. The highest BCUT2D eigenvalue weighted by Crippen LogP contribution is 2.15. The van der Waals surface area contributed by atoms with Gasteiger partial charge in [-0.05, 0) is 19.1 Å². The minimum Gasteiger partial charge on any atom is -0.344 e. The Balaban J connectivity index is 2.14. The van der Waals surface area contributed by atoms with E-state index >= 15 is 0 Å². The fraction of sp³-hybridized carbons (Fsp3) is 0.357. The molecule has 0 aliphatic rings. The lowest BCUT2D eigenvalue weighted by atomic mass is 10.3. The summed E-state index contributed by atoms with van der Waals surface area (Å²) in [6.45, 7) is 2.90. The van der Waals surface area contributed by atoms with Crippen LogP contribution < -0.4 is 10.6 Å². The fourth-order valence-electron chi connectivity index (χ4n) is 1.34. The fourth-order valence-corrected chi connectivity index (χ4v) is 2.15. The lowest BCUT2D eigenvalue weighted by Gasteiger charge is -2.12. The molecule has 1 unspecified atom stereocenters. The van der Waals surface area contributed by atoms with Crippen molar-refractivity contribution in [2.24, 2.45) is 0 Å². The van der Waals surface area contributed by atoms with E-state index in [-0.39, 0.29) is 18.5 Å². The van der Waals surface area contributed by atoms with E-state index in [0.29, 0.717) is 0 Å². The summed E-state index contributed by atoms with van der Waals surface area (Å²) in [5.74, 6) is 3.25. The molecule has 2 N–H and O–H groups in total. The number of carbonyl (C=O) groups excluding carboxylic acids is 1. The van der Waals surface area contributed by atoms with Crippen LogP contribution >= 0.6 is 11.8 Å². The van der Waals surface area contributed by atoms with Crippen LogP contribution in [0.15, 0.2) is 35.2 Å². The van der Waals surface area contributed by atoms with E-state index in [4.69, 9.17) is 6.42 Å². The Morgan fingerprint density at radius 2 is 2.17 bits per heavy atom. The minimum absolute atomic E-state index is 0.0577. The first kappa shape index (κ1) is 14.6. The predicted octanol–water partition coefficient (Wildman–Crippen LogP) is 1.51. The van der Waals surface area contributed by atoms with Crippen LogP contribution in [0.4, 0.5) is 0 Å². The second-order valence-corrected chi connectivity index (χ2v) is 4.93. The van der Waals surface area contributed by atoms with Gasteiger partial charge in [0.2, 0.25) is 5.91 Å². The van der Waals surface area contributed by atoms with Crippen LogP contribution in [0.2, 0.25) is 0 Å². The zero-order valence-electron chi connectivity index (χ0n) is 10.5. The van der Waals surface area contributed by atoms with Gasteiger partial charge >= 0.3 is 0 Å². The molecular weight excluding hydrogens is 244 g/mol. The predicted molar refractivity (Wildman–Crippen MR) is 76.5 cm³/mol. The number of hydrogen-bond donors (Lipinski definition) is 2.